The third-order valence-electron chi connectivity index (χ3n) is 6.71. The van der Waals surface area contributed by atoms with Crippen LogP contribution in [-0.2, 0) is 16.8 Å². The number of ether oxygens (including phenoxy) is 2. The summed E-state index contributed by atoms with van der Waals surface area (Å²) in [5.41, 5.74) is 5.05. The Morgan fingerprint density at radius 2 is 1.77 bits per heavy atom. The minimum absolute atomic E-state index is 0.0935. The summed E-state index contributed by atoms with van der Waals surface area (Å²) in [7, 11) is 1.60. The SMILES string of the molecule is COc1cc(C2C(C(=O)Nc3ccccc3)=C(C)Nc3nnnn32)ccc1OCc1ccc(C(C)(C)C)cc1. The van der Waals surface area contributed by atoms with E-state index in [0.717, 1.165) is 11.1 Å². The molecule has 0 aliphatic carbocycles. The number of tetrazole rings is 1. The van der Waals surface area contributed by atoms with Crippen molar-refractivity contribution in [2.75, 3.05) is 17.7 Å². The smallest absolute Gasteiger partial charge is 0.255 e. The van der Waals surface area contributed by atoms with E-state index in [9.17, 15) is 4.79 Å². The molecule has 2 heterocycles. The molecule has 200 valence electrons. The summed E-state index contributed by atoms with van der Waals surface area (Å²) in [6, 6.07) is 22.8. The average Bonchev–Trinajstić information content (AvgIpc) is 3.39. The number of methoxy groups -OCH3 is 1. The van der Waals surface area contributed by atoms with Crippen molar-refractivity contribution >= 4 is 17.5 Å². The molecule has 3 aromatic carbocycles. The molecule has 0 radical (unpaired) electrons. The van der Waals surface area contributed by atoms with E-state index in [2.05, 4.69) is 71.2 Å². The fourth-order valence-corrected chi connectivity index (χ4v) is 4.57. The monoisotopic (exact) mass is 524 g/mol. The molecule has 1 aromatic heterocycles. The van der Waals surface area contributed by atoms with E-state index in [1.54, 1.807) is 11.8 Å². The maximum atomic E-state index is 13.5. The van der Waals surface area contributed by atoms with E-state index >= 15 is 0 Å². The van der Waals surface area contributed by atoms with Gasteiger partial charge in [0.25, 0.3) is 5.91 Å². The van der Waals surface area contributed by atoms with Gasteiger partial charge in [0.2, 0.25) is 5.95 Å². The molecule has 1 unspecified atom stereocenters. The lowest BCUT2D eigenvalue weighted by atomic mass is 9.87. The molecule has 9 nitrogen and oxygen atoms in total. The summed E-state index contributed by atoms with van der Waals surface area (Å²) < 4.78 is 13.4. The number of amides is 1. The van der Waals surface area contributed by atoms with Crippen molar-refractivity contribution in [3.8, 4) is 11.5 Å². The van der Waals surface area contributed by atoms with Gasteiger partial charge in [0.05, 0.1) is 12.7 Å². The molecule has 4 aromatic rings. The highest BCUT2D eigenvalue weighted by Crippen LogP contribution is 2.39. The van der Waals surface area contributed by atoms with Gasteiger partial charge in [0, 0.05) is 11.4 Å². The quantitative estimate of drug-likeness (QED) is 0.330. The first-order valence-electron chi connectivity index (χ1n) is 12.8. The van der Waals surface area contributed by atoms with E-state index in [4.69, 9.17) is 9.47 Å². The van der Waals surface area contributed by atoms with Crippen LogP contribution in [0.4, 0.5) is 11.6 Å². The number of hydrogen-bond donors (Lipinski definition) is 2. The van der Waals surface area contributed by atoms with Gasteiger partial charge < -0.3 is 20.1 Å². The number of allylic oxidation sites excluding steroid dienone is 1. The van der Waals surface area contributed by atoms with Crippen LogP contribution >= 0.6 is 0 Å². The van der Waals surface area contributed by atoms with Gasteiger partial charge in [-0.05, 0) is 63.7 Å². The van der Waals surface area contributed by atoms with Crippen molar-refractivity contribution in [2.24, 2.45) is 0 Å². The molecule has 1 amide bonds. The Bertz CT molecular complexity index is 1500. The highest BCUT2D eigenvalue weighted by atomic mass is 16.5. The minimum atomic E-state index is -0.576. The molecule has 1 aliphatic heterocycles. The van der Waals surface area contributed by atoms with Crippen molar-refractivity contribution in [3.05, 3.63) is 101 Å². The normalized spacial score (nSPS) is 14.8. The van der Waals surface area contributed by atoms with Gasteiger partial charge >= 0.3 is 0 Å². The first-order valence-corrected chi connectivity index (χ1v) is 12.8. The lowest BCUT2D eigenvalue weighted by molar-refractivity contribution is -0.113. The van der Waals surface area contributed by atoms with Crippen molar-refractivity contribution in [1.82, 2.24) is 20.2 Å². The van der Waals surface area contributed by atoms with Crippen LogP contribution in [0.25, 0.3) is 0 Å². The number of anilines is 2. The third kappa shape index (κ3) is 5.47. The number of benzene rings is 3. The Morgan fingerprint density at radius 3 is 2.46 bits per heavy atom. The van der Waals surface area contributed by atoms with E-state index in [-0.39, 0.29) is 11.3 Å². The fraction of sp³-hybridized carbons (Fsp3) is 0.267. The molecule has 0 spiro atoms. The standard InChI is InChI=1S/C30H32N6O3/c1-19-26(28(37)32-23-9-7-6-8-10-23)27(36-29(31-19)33-34-35-36)21-13-16-24(25(17-21)38-5)39-18-20-11-14-22(15-12-20)30(2,3)4/h6-17,27H,18H2,1-5H3,(H,32,37)(H,31,33,35). The zero-order valence-corrected chi connectivity index (χ0v) is 22.7. The first-order chi connectivity index (χ1) is 18.7. The Balaban J connectivity index is 1.42. The lowest BCUT2D eigenvalue weighted by Crippen LogP contribution is -2.31. The number of fused-ring (bicyclic) bond motifs is 1. The van der Waals surface area contributed by atoms with Gasteiger partial charge in [-0.1, -0.05) is 74.4 Å². The summed E-state index contributed by atoms with van der Waals surface area (Å²) in [6.07, 6.45) is 0. The van der Waals surface area contributed by atoms with Crippen LogP contribution in [0.3, 0.4) is 0 Å². The predicted molar refractivity (Wildman–Crippen MR) is 150 cm³/mol. The summed E-state index contributed by atoms with van der Waals surface area (Å²) >= 11 is 0. The molecule has 1 atom stereocenters. The van der Waals surface area contributed by atoms with Crippen LogP contribution < -0.4 is 20.1 Å². The van der Waals surface area contributed by atoms with Crippen molar-refractivity contribution in [1.29, 1.82) is 0 Å². The molecule has 9 heteroatoms. The zero-order chi connectivity index (χ0) is 27.6. The van der Waals surface area contributed by atoms with E-state index in [0.29, 0.717) is 41.0 Å². The van der Waals surface area contributed by atoms with Gasteiger partial charge in [-0.25, -0.2) is 0 Å². The number of hydrogen-bond acceptors (Lipinski definition) is 7. The molecule has 1 aliphatic rings. The summed E-state index contributed by atoms with van der Waals surface area (Å²) in [4.78, 5) is 13.5. The summed E-state index contributed by atoms with van der Waals surface area (Å²) in [6.45, 7) is 8.82. The van der Waals surface area contributed by atoms with Crippen molar-refractivity contribution in [3.63, 3.8) is 0 Å². The predicted octanol–water partition coefficient (Wildman–Crippen LogP) is 5.49. The van der Waals surface area contributed by atoms with Crippen LogP contribution in [-0.4, -0.2) is 33.2 Å². The van der Waals surface area contributed by atoms with E-state index in [1.807, 2.05) is 55.5 Å². The number of rotatable bonds is 7. The Labute approximate surface area is 227 Å². The van der Waals surface area contributed by atoms with Crippen LogP contribution in [0.15, 0.2) is 84.1 Å². The Hall–Kier alpha value is -4.66. The number of nitrogens with zero attached hydrogens (tertiary/aromatic N) is 4. The van der Waals surface area contributed by atoms with Gasteiger partial charge in [-0.3, -0.25) is 4.79 Å². The summed E-state index contributed by atoms with van der Waals surface area (Å²) in [5, 5.41) is 18.2. The highest BCUT2D eigenvalue weighted by Gasteiger charge is 2.34. The number of carbonyl (C=O) groups is 1. The third-order valence-corrected chi connectivity index (χ3v) is 6.71. The van der Waals surface area contributed by atoms with Gasteiger partial charge in [0.1, 0.15) is 12.6 Å². The number of para-hydroxylation sites is 1. The Kier molecular flexibility index (Phi) is 7.06. The molecule has 0 bridgehead atoms. The van der Waals surface area contributed by atoms with Gasteiger partial charge in [-0.15, -0.1) is 0 Å². The van der Waals surface area contributed by atoms with Crippen LogP contribution in [0.1, 0.15) is 50.4 Å². The first kappa shape index (κ1) is 26.0. The molecular weight excluding hydrogens is 492 g/mol. The Morgan fingerprint density at radius 1 is 1.03 bits per heavy atom. The van der Waals surface area contributed by atoms with Crippen molar-refractivity contribution < 1.29 is 14.3 Å². The van der Waals surface area contributed by atoms with Crippen LogP contribution in [0.5, 0.6) is 11.5 Å². The van der Waals surface area contributed by atoms with Crippen molar-refractivity contribution in [2.45, 2.75) is 45.8 Å². The lowest BCUT2D eigenvalue weighted by Gasteiger charge is -2.28. The molecule has 0 saturated carbocycles. The fourth-order valence-electron chi connectivity index (χ4n) is 4.57. The second kappa shape index (κ2) is 10.6. The minimum Gasteiger partial charge on any atom is -0.493 e. The second-order valence-electron chi connectivity index (χ2n) is 10.5. The average molecular weight is 525 g/mol. The maximum Gasteiger partial charge on any atom is 0.255 e. The topological polar surface area (TPSA) is 103 Å². The number of carbonyl (C=O) groups excluding carboxylic acids is 1. The number of nitrogens with one attached hydrogen (secondary N) is 2. The molecule has 5 rings (SSSR count). The van der Waals surface area contributed by atoms with Gasteiger partial charge in [-0.2, -0.15) is 4.68 Å². The molecule has 0 saturated heterocycles. The zero-order valence-electron chi connectivity index (χ0n) is 22.7. The maximum absolute atomic E-state index is 13.5. The summed E-state index contributed by atoms with van der Waals surface area (Å²) in [5.74, 6) is 1.34. The van der Waals surface area contributed by atoms with Gasteiger partial charge in [0.15, 0.2) is 11.5 Å². The largest absolute Gasteiger partial charge is 0.493 e. The molecule has 2 N–H and O–H groups in total. The molecule has 39 heavy (non-hydrogen) atoms. The molecular formula is C30H32N6O3. The number of aromatic nitrogens is 4. The second-order valence-corrected chi connectivity index (χ2v) is 10.5. The van der Waals surface area contributed by atoms with Crippen LogP contribution in [0, 0.1) is 0 Å². The molecule has 0 fully saturated rings. The van der Waals surface area contributed by atoms with E-state index in [1.165, 1.54) is 5.56 Å². The van der Waals surface area contributed by atoms with Crippen LogP contribution in [0.2, 0.25) is 0 Å². The van der Waals surface area contributed by atoms with E-state index < -0.39 is 6.04 Å². The highest BCUT2D eigenvalue weighted by molar-refractivity contribution is 6.06.